The number of aliphatic imine (C=N–C) groups is 1. The number of benzene rings is 2. The van der Waals surface area contributed by atoms with Crippen LogP contribution in [0.1, 0.15) is 5.56 Å². The summed E-state index contributed by atoms with van der Waals surface area (Å²) in [5, 5.41) is 0.302. The number of sulfone groups is 1. The van der Waals surface area contributed by atoms with Crippen molar-refractivity contribution in [1.82, 2.24) is 0 Å². The minimum atomic E-state index is -3.13. The van der Waals surface area contributed by atoms with Gasteiger partial charge in [-0.2, -0.15) is 4.99 Å². The van der Waals surface area contributed by atoms with Gasteiger partial charge < -0.3 is 4.90 Å². The van der Waals surface area contributed by atoms with Crippen molar-refractivity contribution in [2.24, 2.45) is 4.99 Å². The molecule has 2 fully saturated rings. The third-order valence-corrected chi connectivity index (χ3v) is 7.80. The topological polar surface area (TPSA) is 66.8 Å². The third kappa shape index (κ3) is 3.91. The molecule has 27 heavy (non-hydrogen) atoms. The van der Waals surface area contributed by atoms with E-state index in [0.717, 1.165) is 5.56 Å². The Bertz CT molecular complexity index is 991. The van der Waals surface area contributed by atoms with E-state index < -0.39 is 9.84 Å². The van der Waals surface area contributed by atoms with Crippen molar-refractivity contribution in [2.45, 2.75) is 17.7 Å². The number of halogens is 1. The Morgan fingerprint density at radius 1 is 1.11 bits per heavy atom. The second kappa shape index (κ2) is 7.09. The molecule has 5 nitrogen and oxygen atoms in total. The second-order valence-electron chi connectivity index (χ2n) is 6.60. The van der Waals surface area contributed by atoms with Gasteiger partial charge in [0.15, 0.2) is 15.0 Å². The molecular formula is C19H17FN2O3S2. The Kier molecular flexibility index (Phi) is 4.77. The molecule has 0 saturated carbocycles. The van der Waals surface area contributed by atoms with Crippen molar-refractivity contribution in [1.29, 1.82) is 0 Å². The summed E-state index contributed by atoms with van der Waals surface area (Å²) < 4.78 is 37.4. The zero-order valence-corrected chi connectivity index (χ0v) is 15.9. The van der Waals surface area contributed by atoms with Crippen LogP contribution in [0.3, 0.4) is 0 Å². The minimum Gasteiger partial charge on any atom is -0.316 e. The van der Waals surface area contributed by atoms with E-state index in [-0.39, 0.29) is 40.9 Å². The number of carbonyl (C=O) groups excluding carboxylic acids is 1. The van der Waals surface area contributed by atoms with Crippen LogP contribution in [-0.4, -0.2) is 42.3 Å². The fraction of sp³-hybridized carbons (Fsp3) is 0.263. The highest BCUT2D eigenvalue weighted by Gasteiger charge is 2.49. The Balaban J connectivity index is 1.64. The van der Waals surface area contributed by atoms with Crippen LogP contribution in [0.15, 0.2) is 59.6 Å². The van der Waals surface area contributed by atoms with Gasteiger partial charge in [-0.05, 0) is 29.8 Å². The first-order valence-electron chi connectivity index (χ1n) is 8.49. The highest BCUT2D eigenvalue weighted by molar-refractivity contribution is 8.16. The molecule has 1 amide bonds. The summed E-state index contributed by atoms with van der Waals surface area (Å²) in [7, 11) is -3.13. The van der Waals surface area contributed by atoms with Crippen LogP contribution in [0.4, 0.5) is 10.1 Å². The molecule has 2 aromatic rings. The van der Waals surface area contributed by atoms with Crippen molar-refractivity contribution in [2.75, 3.05) is 16.4 Å². The molecule has 4 rings (SSSR count). The van der Waals surface area contributed by atoms with Gasteiger partial charge in [0.05, 0.1) is 24.0 Å². The number of rotatable bonds is 3. The smallest absolute Gasteiger partial charge is 0.252 e. The number of nitrogens with zero attached hydrogens (tertiary/aromatic N) is 2. The van der Waals surface area contributed by atoms with Crippen LogP contribution in [0, 0.1) is 5.82 Å². The molecule has 2 aromatic carbocycles. The number of amidine groups is 1. The predicted molar refractivity (Wildman–Crippen MR) is 105 cm³/mol. The van der Waals surface area contributed by atoms with Gasteiger partial charge in [0, 0.05) is 10.9 Å². The number of thioether (sulfide) groups is 1. The maximum atomic E-state index is 13.3. The number of amides is 1. The van der Waals surface area contributed by atoms with Gasteiger partial charge in [-0.25, -0.2) is 12.8 Å². The molecule has 140 valence electrons. The molecule has 0 radical (unpaired) electrons. The molecule has 0 unspecified atom stereocenters. The maximum absolute atomic E-state index is 13.3. The Morgan fingerprint density at radius 2 is 1.81 bits per heavy atom. The van der Waals surface area contributed by atoms with E-state index in [0.29, 0.717) is 10.9 Å². The number of hydrogen-bond donors (Lipinski definition) is 0. The van der Waals surface area contributed by atoms with Crippen molar-refractivity contribution in [3.8, 4) is 0 Å². The van der Waals surface area contributed by atoms with E-state index in [1.807, 2.05) is 30.3 Å². The van der Waals surface area contributed by atoms with Gasteiger partial charge in [-0.15, -0.1) is 0 Å². The van der Waals surface area contributed by atoms with Gasteiger partial charge in [-0.1, -0.05) is 42.1 Å². The number of fused-ring (bicyclic) bond motifs is 1. The first-order valence-corrected chi connectivity index (χ1v) is 11.2. The SMILES string of the molecule is O=C(Cc1ccccc1)N=C1S[C@@H]2CS(=O)(=O)C[C@H]2N1c1ccc(F)cc1. The van der Waals surface area contributed by atoms with E-state index in [1.165, 1.54) is 23.9 Å². The third-order valence-electron chi connectivity index (χ3n) is 4.59. The normalized spacial score (nSPS) is 24.9. The molecular weight excluding hydrogens is 387 g/mol. The number of carbonyl (C=O) groups is 1. The molecule has 2 aliphatic rings. The minimum absolute atomic E-state index is 0.00788. The van der Waals surface area contributed by atoms with Gasteiger partial charge in [0.25, 0.3) is 5.91 Å². The highest BCUT2D eigenvalue weighted by atomic mass is 32.2. The van der Waals surface area contributed by atoms with Crippen LogP contribution in [-0.2, 0) is 21.1 Å². The van der Waals surface area contributed by atoms with E-state index in [9.17, 15) is 17.6 Å². The van der Waals surface area contributed by atoms with Crippen LogP contribution in [0.5, 0.6) is 0 Å². The Morgan fingerprint density at radius 3 is 2.52 bits per heavy atom. The molecule has 2 saturated heterocycles. The van der Waals surface area contributed by atoms with E-state index in [2.05, 4.69) is 4.99 Å². The lowest BCUT2D eigenvalue weighted by molar-refractivity contribution is -0.117. The van der Waals surface area contributed by atoms with Gasteiger partial charge in [-0.3, -0.25) is 4.79 Å². The average Bonchev–Trinajstić information content (AvgIpc) is 3.07. The van der Waals surface area contributed by atoms with Crippen LogP contribution in [0.2, 0.25) is 0 Å². The summed E-state index contributed by atoms with van der Waals surface area (Å²) in [6, 6.07) is 14.8. The predicted octanol–water partition coefficient (Wildman–Crippen LogP) is 2.67. The first-order chi connectivity index (χ1) is 12.9. The van der Waals surface area contributed by atoms with Crippen molar-refractivity contribution < 1.29 is 17.6 Å². The van der Waals surface area contributed by atoms with Gasteiger partial charge in [0.1, 0.15) is 5.82 Å². The lowest BCUT2D eigenvalue weighted by Gasteiger charge is -2.24. The molecule has 2 heterocycles. The molecule has 0 bridgehead atoms. The molecule has 0 aliphatic carbocycles. The van der Waals surface area contributed by atoms with Crippen LogP contribution >= 0.6 is 11.8 Å². The van der Waals surface area contributed by atoms with E-state index in [1.54, 1.807) is 17.0 Å². The number of anilines is 1. The maximum Gasteiger partial charge on any atom is 0.252 e. The van der Waals surface area contributed by atoms with E-state index in [4.69, 9.17) is 0 Å². The average molecular weight is 404 g/mol. The van der Waals surface area contributed by atoms with Gasteiger partial charge in [0.2, 0.25) is 0 Å². The summed E-state index contributed by atoms with van der Waals surface area (Å²) in [4.78, 5) is 18.5. The zero-order valence-electron chi connectivity index (χ0n) is 14.3. The van der Waals surface area contributed by atoms with Crippen molar-refractivity contribution in [3.63, 3.8) is 0 Å². The standard InChI is InChI=1S/C19H17FN2O3S2/c20-14-6-8-15(9-7-14)22-16-11-27(24,25)12-17(16)26-19(22)21-18(23)10-13-4-2-1-3-5-13/h1-9,16-17H,10-12H2/t16-,17-/m1/s1. The van der Waals surface area contributed by atoms with Gasteiger partial charge >= 0.3 is 0 Å². The molecule has 0 N–H and O–H groups in total. The summed E-state index contributed by atoms with van der Waals surface area (Å²) in [5.41, 5.74) is 1.51. The Hall–Kier alpha value is -2.19. The second-order valence-corrected chi connectivity index (χ2v) is 9.96. The fourth-order valence-corrected chi connectivity index (χ4v) is 7.32. The summed E-state index contributed by atoms with van der Waals surface area (Å²) in [6.45, 7) is 0. The molecule has 8 heteroatoms. The molecule has 2 aliphatic heterocycles. The fourth-order valence-electron chi connectivity index (χ4n) is 3.38. The summed E-state index contributed by atoms with van der Waals surface area (Å²) in [5.74, 6) is -0.599. The molecule has 2 atom stereocenters. The van der Waals surface area contributed by atoms with Crippen LogP contribution < -0.4 is 4.90 Å². The quantitative estimate of drug-likeness (QED) is 0.787. The largest absolute Gasteiger partial charge is 0.316 e. The molecule has 0 spiro atoms. The van der Waals surface area contributed by atoms with Crippen molar-refractivity contribution in [3.05, 3.63) is 66.0 Å². The lowest BCUT2D eigenvalue weighted by Crippen LogP contribution is -2.37. The van der Waals surface area contributed by atoms with E-state index >= 15 is 0 Å². The first kappa shape index (κ1) is 18.2. The number of hydrogen-bond acceptors (Lipinski definition) is 4. The molecule has 0 aromatic heterocycles. The zero-order chi connectivity index (χ0) is 19.0. The lowest BCUT2D eigenvalue weighted by atomic mass is 10.1. The highest BCUT2D eigenvalue weighted by Crippen LogP contribution is 2.41. The van der Waals surface area contributed by atoms with Crippen molar-refractivity contribution >= 4 is 38.4 Å². The monoisotopic (exact) mass is 404 g/mol. The summed E-state index contributed by atoms with van der Waals surface area (Å²) in [6.07, 6.45) is 0.176. The van der Waals surface area contributed by atoms with Crippen LogP contribution in [0.25, 0.3) is 0 Å². The summed E-state index contributed by atoms with van der Waals surface area (Å²) >= 11 is 1.31. The Labute approximate surface area is 161 Å².